The van der Waals surface area contributed by atoms with Gasteiger partial charge in [-0.15, -0.1) is 0 Å². The van der Waals surface area contributed by atoms with E-state index in [1.807, 2.05) is 41.3 Å². The molecule has 0 aliphatic carbocycles. The molecule has 2 aromatic carbocycles. The lowest BCUT2D eigenvalue weighted by Gasteiger charge is -2.34. The van der Waals surface area contributed by atoms with Crippen LogP contribution in [0.3, 0.4) is 0 Å². The average molecular weight is 545 g/mol. The summed E-state index contributed by atoms with van der Waals surface area (Å²) in [7, 11) is 0. The van der Waals surface area contributed by atoms with Gasteiger partial charge in [0.15, 0.2) is 0 Å². The van der Waals surface area contributed by atoms with Crippen LogP contribution >= 0.6 is 11.6 Å². The van der Waals surface area contributed by atoms with Crippen molar-refractivity contribution in [3.8, 4) is 0 Å². The molecule has 1 amide bonds. The first-order valence-corrected chi connectivity index (χ1v) is 12.9. The predicted molar refractivity (Wildman–Crippen MR) is 142 cm³/mol. The topological polar surface area (TPSA) is 117 Å². The van der Waals surface area contributed by atoms with E-state index in [1.165, 1.54) is 0 Å². The molecular weight excluding hydrogens is 512 g/mol. The van der Waals surface area contributed by atoms with Crippen molar-refractivity contribution in [1.82, 2.24) is 9.80 Å². The summed E-state index contributed by atoms with van der Waals surface area (Å²) in [5.41, 5.74) is 2.27. The molecule has 2 aromatic rings. The fourth-order valence-electron chi connectivity index (χ4n) is 4.51. The summed E-state index contributed by atoms with van der Waals surface area (Å²) in [6, 6.07) is 18.3. The normalized spacial score (nSPS) is 18.5. The lowest BCUT2D eigenvalue weighted by molar-refractivity contribution is -0.134. The fraction of sp³-hybridized carbons (Fsp3) is 0.393. The van der Waals surface area contributed by atoms with Crippen molar-refractivity contribution in [3.05, 3.63) is 82.9 Å². The number of carbonyl (C=O) groups is 3. The molecule has 38 heavy (non-hydrogen) atoms. The maximum absolute atomic E-state index is 12.8. The number of morpholine rings is 1. The van der Waals surface area contributed by atoms with Crippen LogP contribution in [0, 0.1) is 0 Å². The van der Waals surface area contributed by atoms with Crippen molar-refractivity contribution in [2.75, 3.05) is 39.5 Å². The van der Waals surface area contributed by atoms with Crippen LogP contribution in [-0.4, -0.2) is 83.5 Å². The molecule has 0 saturated carbocycles. The second-order valence-corrected chi connectivity index (χ2v) is 9.35. The molecule has 2 heterocycles. The van der Waals surface area contributed by atoms with E-state index in [2.05, 4.69) is 23.1 Å². The third-order valence-electron chi connectivity index (χ3n) is 6.42. The van der Waals surface area contributed by atoms with Crippen LogP contribution in [0.5, 0.6) is 0 Å². The first kappa shape index (κ1) is 29.2. The SMILES string of the molecule is O=C(O)C=CC(=O)O.O=C1OCC(CCc2ccccc2Cl)N1C(CCN1CCOCC1)c1ccccc1. The molecule has 2 aliphatic heterocycles. The third-order valence-corrected chi connectivity index (χ3v) is 6.79. The molecule has 2 aliphatic rings. The van der Waals surface area contributed by atoms with Crippen molar-refractivity contribution < 1.29 is 34.1 Å². The second kappa shape index (κ2) is 15.1. The molecular formula is C28H33ClN2O7. The van der Waals surface area contributed by atoms with Crippen molar-refractivity contribution in [1.29, 1.82) is 0 Å². The number of carboxylic acid groups (broad SMARTS) is 2. The first-order chi connectivity index (χ1) is 18.3. The summed E-state index contributed by atoms with van der Waals surface area (Å²) < 4.78 is 11.0. The van der Waals surface area contributed by atoms with Crippen LogP contribution in [0.2, 0.25) is 5.02 Å². The van der Waals surface area contributed by atoms with Gasteiger partial charge in [-0.3, -0.25) is 9.80 Å². The Morgan fingerprint density at radius 1 is 1.00 bits per heavy atom. The summed E-state index contributed by atoms with van der Waals surface area (Å²) in [6.45, 7) is 4.82. The summed E-state index contributed by atoms with van der Waals surface area (Å²) >= 11 is 6.34. The lowest BCUT2D eigenvalue weighted by atomic mass is 9.98. The number of benzene rings is 2. The number of carboxylic acids is 2. The van der Waals surface area contributed by atoms with Crippen molar-refractivity contribution >= 4 is 29.6 Å². The molecule has 10 heteroatoms. The van der Waals surface area contributed by atoms with Crippen molar-refractivity contribution in [2.24, 2.45) is 0 Å². The van der Waals surface area contributed by atoms with Crippen LogP contribution in [0.25, 0.3) is 0 Å². The minimum Gasteiger partial charge on any atom is -0.478 e. The Labute approximate surface area is 227 Å². The number of aryl methyl sites for hydroxylation is 1. The van der Waals surface area contributed by atoms with Gasteiger partial charge in [0.25, 0.3) is 0 Å². The molecule has 204 valence electrons. The van der Waals surface area contributed by atoms with E-state index in [1.54, 1.807) is 0 Å². The zero-order valence-electron chi connectivity index (χ0n) is 21.1. The Hall–Kier alpha value is -3.40. The number of aliphatic carboxylic acids is 2. The summed E-state index contributed by atoms with van der Waals surface area (Å²) in [5, 5.41) is 16.4. The van der Waals surface area contributed by atoms with Crippen LogP contribution in [0.15, 0.2) is 66.7 Å². The van der Waals surface area contributed by atoms with Gasteiger partial charge >= 0.3 is 18.0 Å². The summed E-state index contributed by atoms with van der Waals surface area (Å²) in [4.78, 5) is 36.3. The van der Waals surface area contributed by atoms with Gasteiger partial charge in [-0.1, -0.05) is 60.1 Å². The maximum Gasteiger partial charge on any atom is 0.410 e. The monoisotopic (exact) mass is 544 g/mol. The average Bonchev–Trinajstić information content (AvgIpc) is 3.28. The number of rotatable bonds is 10. The summed E-state index contributed by atoms with van der Waals surface area (Å²) in [6.07, 6.45) is 3.43. The Morgan fingerprint density at radius 3 is 2.26 bits per heavy atom. The number of ether oxygens (including phenoxy) is 2. The maximum atomic E-state index is 12.8. The molecule has 0 bridgehead atoms. The highest BCUT2D eigenvalue weighted by Gasteiger charge is 2.38. The highest BCUT2D eigenvalue weighted by molar-refractivity contribution is 6.31. The van der Waals surface area contributed by atoms with E-state index in [0.717, 1.165) is 68.3 Å². The van der Waals surface area contributed by atoms with Crippen molar-refractivity contribution in [2.45, 2.75) is 31.3 Å². The van der Waals surface area contributed by atoms with E-state index >= 15 is 0 Å². The number of amides is 1. The number of hydrogen-bond donors (Lipinski definition) is 2. The van der Waals surface area contributed by atoms with Gasteiger partial charge in [0.2, 0.25) is 0 Å². The van der Waals surface area contributed by atoms with Gasteiger partial charge < -0.3 is 19.7 Å². The van der Waals surface area contributed by atoms with E-state index in [4.69, 9.17) is 31.3 Å². The molecule has 0 spiro atoms. The Balaban J connectivity index is 0.000000436. The van der Waals surface area contributed by atoms with Gasteiger partial charge in [-0.2, -0.15) is 0 Å². The smallest absolute Gasteiger partial charge is 0.410 e. The second-order valence-electron chi connectivity index (χ2n) is 8.95. The molecule has 2 unspecified atom stereocenters. The van der Waals surface area contributed by atoms with E-state index in [0.29, 0.717) is 18.8 Å². The van der Waals surface area contributed by atoms with E-state index in [9.17, 15) is 14.4 Å². The molecule has 2 fully saturated rings. The van der Waals surface area contributed by atoms with Gasteiger partial charge in [0.1, 0.15) is 6.61 Å². The van der Waals surface area contributed by atoms with Gasteiger partial charge in [0.05, 0.1) is 25.3 Å². The van der Waals surface area contributed by atoms with Crippen LogP contribution in [-0.2, 0) is 25.5 Å². The van der Waals surface area contributed by atoms with Gasteiger partial charge in [-0.25, -0.2) is 14.4 Å². The van der Waals surface area contributed by atoms with Crippen LogP contribution < -0.4 is 0 Å². The zero-order chi connectivity index (χ0) is 27.3. The van der Waals surface area contributed by atoms with Crippen LogP contribution in [0.1, 0.15) is 30.0 Å². The van der Waals surface area contributed by atoms with E-state index < -0.39 is 11.9 Å². The minimum atomic E-state index is -1.26. The third kappa shape index (κ3) is 9.16. The highest BCUT2D eigenvalue weighted by atomic mass is 35.5. The summed E-state index contributed by atoms with van der Waals surface area (Å²) in [5.74, 6) is -2.51. The Bertz CT molecular complexity index is 1070. The number of carbonyl (C=O) groups excluding carboxylic acids is 1. The zero-order valence-corrected chi connectivity index (χ0v) is 21.8. The molecule has 0 aromatic heterocycles. The molecule has 9 nitrogen and oxygen atoms in total. The number of halogens is 1. The Kier molecular flexibility index (Phi) is 11.6. The van der Waals surface area contributed by atoms with E-state index in [-0.39, 0.29) is 18.2 Å². The van der Waals surface area contributed by atoms with Crippen LogP contribution in [0.4, 0.5) is 4.79 Å². The number of nitrogens with zero attached hydrogens (tertiary/aromatic N) is 2. The van der Waals surface area contributed by atoms with Gasteiger partial charge in [-0.05, 0) is 36.5 Å². The standard InChI is InChI=1S/C24H29ClN2O3.C4H4O4/c25-22-9-5-4-6-19(22)10-11-21-18-30-24(28)27(21)23(20-7-2-1-3-8-20)12-13-26-14-16-29-17-15-26;5-3(6)1-2-4(7)8/h1-9,21,23H,10-18H2;1-2H,(H,5,6)(H,7,8). The number of cyclic esters (lactones) is 1. The fourth-order valence-corrected chi connectivity index (χ4v) is 4.74. The predicted octanol–water partition coefficient (Wildman–Crippen LogP) is 4.27. The molecule has 2 atom stereocenters. The number of hydrogen-bond acceptors (Lipinski definition) is 6. The van der Waals surface area contributed by atoms with Gasteiger partial charge in [0, 0.05) is 36.8 Å². The largest absolute Gasteiger partial charge is 0.478 e. The lowest BCUT2D eigenvalue weighted by Crippen LogP contribution is -2.41. The van der Waals surface area contributed by atoms with Crippen molar-refractivity contribution in [3.63, 3.8) is 0 Å². The minimum absolute atomic E-state index is 0.000269. The molecule has 4 rings (SSSR count). The Morgan fingerprint density at radius 2 is 1.63 bits per heavy atom. The quantitative estimate of drug-likeness (QED) is 0.426. The molecule has 0 radical (unpaired) electrons. The molecule has 2 saturated heterocycles. The molecule has 2 N–H and O–H groups in total. The first-order valence-electron chi connectivity index (χ1n) is 12.5. The highest BCUT2D eigenvalue weighted by Crippen LogP contribution is 2.33.